The molecule has 0 fully saturated rings. The van der Waals surface area contributed by atoms with Crippen molar-refractivity contribution in [2.75, 3.05) is 37.8 Å². The number of carbonyl (C=O) groups is 1. The molecule has 0 aromatic heterocycles. The minimum atomic E-state index is -3.59. The van der Waals surface area contributed by atoms with Crippen LogP contribution < -0.4 is 14.8 Å². The Hall–Kier alpha value is -3.96. The molecular formula is C32H36N2O7S. The molecule has 9 nitrogen and oxygen atoms in total. The molecule has 0 saturated carbocycles. The third-order valence-corrected chi connectivity index (χ3v) is 7.28. The predicted octanol–water partition coefficient (Wildman–Crippen LogP) is 4.23. The number of sulfonamides is 1. The van der Waals surface area contributed by atoms with E-state index in [0.29, 0.717) is 24.3 Å². The summed E-state index contributed by atoms with van der Waals surface area (Å²) in [4.78, 5) is 12.6. The van der Waals surface area contributed by atoms with Crippen molar-refractivity contribution in [2.45, 2.75) is 24.7 Å². The number of anilines is 1. The lowest BCUT2D eigenvalue weighted by Crippen LogP contribution is -2.43. The van der Waals surface area contributed by atoms with E-state index in [2.05, 4.69) is 10.0 Å². The normalized spacial score (nSPS) is 17.3. The van der Waals surface area contributed by atoms with E-state index >= 15 is 0 Å². The standard InChI is InChI=1S/C32H36N2O7S/c1-39-31(36)32(17-15-26(16-18-32)25-11-7-4-8-12-25)41-20-19-33-22-29(35)27-13-14-30(28(21-27)34-42(2,37)38)40-23-24-9-5-3-6-10-24/h3-17,21,29,33-35H,18-20,22-23H2,1-2H3/t29-,32?/m0/s1. The topological polar surface area (TPSA) is 123 Å². The molecule has 1 unspecified atom stereocenters. The summed E-state index contributed by atoms with van der Waals surface area (Å²) >= 11 is 0. The number of aliphatic hydroxyl groups is 1. The summed E-state index contributed by atoms with van der Waals surface area (Å²) in [5.74, 6) is -0.137. The highest BCUT2D eigenvalue weighted by atomic mass is 32.2. The van der Waals surface area contributed by atoms with Crippen molar-refractivity contribution in [3.05, 3.63) is 114 Å². The van der Waals surface area contributed by atoms with E-state index in [0.717, 1.165) is 23.0 Å². The minimum absolute atomic E-state index is 0.172. The number of carbonyl (C=O) groups excluding carboxylic acids is 1. The van der Waals surface area contributed by atoms with Crippen LogP contribution in [0.25, 0.3) is 5.57 Å². The van der Waals surface area contributed by atoms with Crippen molar-refractivity contribution in [2.24, 2.45) is 0 Å². The third kappa shape index (κ3) is 8.53. The first kappa shape index (κ1) is 31.0. The zero-order chi connectivity index (χ0) is 30.0. The van der Waals surface area contributed by atoms with Gasteiger partial charge in [0.2, 0.25) is 10.0 Å². The van der Waals surface area contributed by atoms with Crippen LogP contribution in [0.2, 0.25) is 0 Å². The Morgan fingerprint density at radius 2 is 1.76 bits per heavy atom. The Kier molecular flexibility index (Phi) is 10.5. The monoisotopic (exact) mass is 592 g/mol. The first-order valence-corrected chi connectivity index (χ1v) is 15.4. The lowest BCUT2D eigenvalue weighted by atomic mass is 9.89. The minimum Gasteiger partial charge on any atom is -0.487 e. The van der Waals surface area contributed by atoms with Gasteiger partial charge in [0.1, 0.15) is 12.4 Å². The van der Waals surface area contributed by atoms with Gasteiger partial charge in [0.15, 0.2) is 5.60 Å². The van der Waals surface area contributed by atoms with Gasteiger partial charge < -0.3 is 24.6 Å². The molecule has 0 bridgehead atoms. The fraction of sp³-hybridized carbons (Fsp3) is 0.281. The van der Waals surface area contributed by atoms with Gasteiger partial charge in [-0.15, -0.1) is 0 Å². The lowest BCUT2D eigenvalue weighted by Gasteiger charge is -2.30. The number of ether oxygens (including phenoxy) is 3. The second-order valence-corrected chi connectivity index (χ2v) is 11.7. The molecular weight excluding hydrogens is 556 g/mol. The van der Waals surface area contributed by atoms with Gasteiger partial charge in [-0.05, 0) is 40.5 Å². The zero-order valence-electron chi connectivity index (χ0n) is 23.7. The molecule has 0 radical (unpaired) electrons. The van der Waals surface area contributed by atoms with E-state index in [1.807, 2.05) is 72.8 Å². The molecule has 1 aliphatic carbocycles. The van der Waals surface area contributed by atoms with Gasteiger partial charge in [-0.3, -0.25) is 4.72 Å². The number of benzene rings is 3. The first-order chi connectivity index (χ1) is 20.2. The van der Waals surface area contributed by atoms with Gasteiger partial charge in [-0.2, -0.15) is 0 Å². The van der Waals surface area contributed by atoms with Crippen LogP contribution in [0.4, 0.5) is 5.69 Å². The summed E-state index contributed by atoms with van der Waals surface area (Å²) in [5, 5.41) is 13.9. The SMILES string of the molecule is COC(=O)C1(OCCNC[C@H](O)c2ccc(OCc3ccccc3)c(NS(C)(=O)=O)c2)C=CC(c2ccccc2)=CC1. The largest absolute Gasteiger partial charge is 0.487 e. The van der Waals surface area contributed by atoms with Gasteiger partial charge in [0, 0.05) is 19.5 Å². The maximum atomic E-state index is 12.6. The average Bonchev–Trinajstić information content (AvgIpc) is 3.00. The Balaban J connectivity index is 1.32. The molecule has 0 spiro atoms. The fourth-order valence-corrected chi connectivity index (χ4v) is 5.07. The summed E-state index contributed by atoms with van der Waals surface area (Å²) in [6.45, 7) is 0.971. The lowest BCUT2D eigenvalue weighted by molar-refractivity contribution is -0.162. The summed E-state index contributed by atoms with van der Waals surface area (Å²) in [5.41, 5.74) is 2.50. The Labute approximate surface area is 246 Å². The number of aliphatic hydroxyl groups excluding tert-OH is 1. The molecule has 3 aromatic carbocycles. The Bertz CT molecular complexity index is 1510. The number of esters is 1. The number of allylic oxidation sites excluding steroid dienone is 2. The fourth-order valence-electron chi connectivity index (χ4n) is 4.51. The molecule has 4 rings (SSSR count). The maximum Gasteiger partial charge on any atom is 0.342 e. The molecule has 2 atom stereocenters. The quantitative estimate of drug-likeness (QED) is 0.188. The van der Waals surface area contributed by atoms with Crippen molar-refractivity contribution >= 4 is 27.3 Å². The summed E-state index contributed by atoms with van der Waals surface area (Å²) in [6.07, 6.45) is 6.00. The van der Waals surface area contributed by atoms with E-state index in [-0.39, 0.29) is 25.4 Å². The molecule has 3 N–H and O–H groups in total. The van der Waals surface area contributed by atoms with Gasteiger partial charge >= 0.3 is 5.97 Å². The smallest absolute Gasteiger partial charge is 0.342 e. The zero-order valence-corrected chi connectivity index (χ0v) is 24.5. The molecule has 1 aliphatic rings. The van der Waals surface area contributed by atoms with Gasteiger partial charge in [0.25, 0.3) is 0 Å². The second kappa shape index (κ2) is 14.3. The Morgan fingerprint density at radius 3 is 2.40 bits per heavy atom. The van der Waals surface area contributed by atoms with E-state index in [4.69, 9.17) is 14.2 Å². The van der Waals surface area contributed by atoms with Gasteiger partial charge in [0.05, 0.1) is 31.8 Å². The van der Waals surface area contributed by atoms with Crippen molar-refractivity contribution in [1.82, 2.24) is 5.32 Å². The van der Waals surface area contributed by atoms with Crippen LogP contribution in [0.1, 0.15) is 29.2 Å². The Morgan fingerprint density at radius 1 is 1.05 bits per heavy atom. The molecule has 0 saturated heterocycles. The summed E-state index contributed by atoms with van der Waals surface area (Å²) in [7, 11) is -2.26. The number of rotatable bonds is 14. The van der Waals surface area contributed by atoms with E-state index in [1.54, 1.807) is 24.3 Å². The molecule has 42 heavy (non-hydrogen) atoms. The van der Waals surface area contributed by atoms with Crippen molar-refractivity contribution < 1.29 is 32.5 Å². The van der Waals surface area contributed by atoms with E-state index in [9.17, 15) is 18.3 Å². The van der Waals surface area contributed by atoms with Crippen LogP contribution in [-0.4, -0.2) is 58.2 Å². The van der Waals surface area contributed by atoms with Crippen molar-refractivity contribution in [3.8, 4) is 5.75 Å². The summed E-state index contributed by atoms with van der Waals surface area (Å²) < 4.78 is 43.3. The highest BCUT2D eigenvalue weighted by molar-refractivity contribution is 7.92. The highest BCUT2D eigenvalue weighted by Gasteiger charge is 2.39. The first-order valence-electron chi connectivity index (χ1n) is 13.5. The van der Waals surface area contributed by atoms with Crippen LogP contribution in [0.5, 0.6) is 5.75 Å². The molecule has 222 valence electrons. The number of methoxy groups -OCH3 is 1. The number of hydrogen-bond donors (Lipinski definition) is 3. The number of nitrogens with one attached hydrogen (secondary N) is 2. The molecule has 10 heteroatoms. The average molecular weight is 593 g/mol. The van der Waals surface area contributed by atoms with Gasteiger partial charge in [-0.25, -0.2) is 13.2 Å². The van der Waals surface area contributed by atoms with E-state index in [1.165, 1.54) is 7.11 Å². The number of hydrogen-bond acceptors (Lipinski definition) is 8. The molecule has 0 amide bonds. The third-order valence-electron chi connectivity index (χ3n) is 6.69. The molecule has 0 aliphatic heterocycles. The van der Waals surface area contributed by atoms with E-state index < -0.39 is 27.7 Å². The van der Waals surface area contributed by atoms with Crippen molar-refractivity contribution in [1.29, 1.82) is 0 Å². The van der Waals surface area contributed by atoms with Crippen LogP contribution in [0, 0.1) is 0 Å². The van der Waals surface area contributed by atoms with Crippen LogP contribution in [0.3, 0.4) is 0 Å². The van der Waals surface area contributed by atoms with Crippen LogP contribution in [0.15, 0.2) is 97.1 Å². The molecule has 0 heterocycles. The maximum absolute atomic E-state index is 12.6. The van der Waals surface area contributed by atoms with Gasteiger partial charge in [-0.1, -0.05) is 78.9 Å². The van der Waals surface area contributed by atoms with Crippen molar-refractivity contribution in [3.63, 3.8) is 0 Å². The summed E-state index contributed by atoms with van der Waals surface area (Å²) in [6, 6.07) is 24.3. The second-order valence-electron chi connectivity index (χ2n) is 9.92. The predicted molar refractivity (Wildman–Crippen MR) is 162 cm³/mol. The van der Waals surface area contributed by atoms with Crippen LogP contribution >= 0.6 is 0 Å². The molecule has 3 aromatic rings. The highest BCUT2D eigenvalue weighted by Crippen LogP contribution is 2.31. The van der Waals surface area contributed by atoms with Crippen LogP contribution in [-0.2, 0) is 30.9 Å².